The van der Waals surface area contributed by atoms with Crippen molar-refractivity contribution in [3.63, 3.8) is 0 Å². The average molecular weight is 642 g/mol. The third-order valence-corrected chi connectivity index (χ3v) is 8.55. The normalized spacial score (nSPS) is 22.5. The fourth-order valence-electron chi connectivity index (χ4n) is 6.50. The predicted octanol–water partition coefficient (Wildman–Crippen LogP) is 4.79. The first-order valence-corrected chi connectivity index (χ1v) is 16.4. The zero-order valence-corrected chi connectivity index (χ0v) is 27.7. The van der Waals surface area contributed by atoms with Crippen molar-refractivity contribution in [2.24, 2.45) is 0 Å². The molecule has 1 aliphatic heterocycles. The number of anilines is 2. The quantitative estimate of drug-likeness (QED) is 0.239. The minimum absolute atomic E-state index is 0.0355. The SMILES string of the molecule is CC(C)Oc1nn(C2CCC(N3C[C@@H](C)O[C@@H](C)C3)CC2)cc1Nc1ncc(-c2ccc(C#N)c(O[C@@H](C)Cn3cnnn3)c2)cn1. The van der Waals surface area contributed by atoms with Crippen molar-refractivity contribution in [1.82, 2.24) is 44.9 Å². The molecule has 1 N–H and O–H groups in total. The fraction of sp³-hybridized carbons (Fsp3) is 0.545. The van der Waals surface area contributed by atoms with Crippen LogP contribution in [-0.2, 0) is 11.3 Å². The monoisotopic (exact) mass is 641 g/mol. The third kappa shape index (κ3) is 8.04. The van der Waals surface area contributed by atoms with Crippen LogP contribution in [-0.4, -0.2) is 88.4 Å². The van der Waals surface area contributed by atoms with Gasteiger partial charge in [0, 0.05) is 37.1 Å². The number of benzene rings is 1. The molecule has 6 rings (SSSR count). The van der Waals surface area contributed by atoms with Crippen LogP contribution in [0.3, 0.4) is 0 Å². The van der Waals surface area contributed by atoms with E-state index in [1.165, 1.54) is 6.33 Å². The highest BCUT2D eigenvalue weighted by Crippen LogP contribution is 2.36. The van der Waals surface area contributed by atoms with Crippen molar-refractivity contribution in [1.29, 1.82) is 5.26 Å². The van der Waals surface area contributed by atoms with Gasteiger partial charge in [0.05, 0.1) is 42.7 Å². The molecule has 0 bridgehead atoms. The van der Waals surface area contributed by atoms with Crippen LogP contribution in [0.1, 0.15) is 71.9 Å². The molecule has 2 aliphatic rings. The van der Waals surface area contributed by atoms with Crippen LogP contribution in [0.15, 0.2) is 43.1 Å². The lowest BCUT2D eigenvalue weighted by Crippen LogP contribution is -2.51. The van der Waals surface area contributed by atoms with Crippen LogP contribution in [0.25, 0.3) is 11.1 Å². The minimum atomic E-state index is -0.265. The van der Waals surface area contributed by atoms with Crippen LogP contribution in [0.5, 0.6) is 11.6 Å². The summed E-state index contributed by atoms with van der Waals surface area (Å²) in [4.78, 5) is 11.8. The zero-order valence-electron chi connectivity index (χ0n) is 27.7. The van der Waals surface area contributed by atoms with Gasteiger partial charge in [-0.25, -0.2) is 14.6 Å². The van der Waals surface area contributed by atoms with Gasteiger partial charge in [0.25, 0.3) is 5.88 Å². The number of hydrogen-bond donors (Lipinski definition) is 1. The molecule has 248 valence electrons. The number of nitrogens with zero attached hydrogens (tertiary/aromatic N) is 10. The molecule has 47 heavy (non-hydrogen) atoms. The van der Waals surface area contributed by atoms with Gasteiger partial charge in [-0.05, 0) is 88.4 Å². The second-order valence-electron chi connectivity index (χ2n) is 12.9. The van der Waals surface area contributed by atoms with Crippen molar-refractivity contribution in [3.05, 3.63) is 48.7 Å². The summed E-state index contributed by atoms with van der Waals surface area (Å²) in [6.07, 6.45) is 11.7. The van der Waals surface area contributed by atoms with E-state index in [1.54, 1.807) is 23.1 Å². The van der Waals surface area contributed by atoms with Gasteiger partial charge in [-0.2, -0.15) is 5.26 Å². The Morgan fingerprint density at radius 2 is 1.72 bits per heavy atom. The highest BCUT2D eigenvalue weighted by molar-refractivity contribution is 5.67. The average Bonchev–Trinajstić information content (AvgIpc) is 3.70. The van der Waals surface area contributed by atoms with E-state index < -0.39 is 0 Å². The molecule has 0 unspecified atom stereocenters. The summed E-state index contributed by atoms with van der Waals surface area (Å²) in [6.45, 7) is 12.7. The molecule has 4 aromatic rings. The number of tetrazole rings is 1. The van der Waals surface area contributed by atoms with Crippen molar-refractivity contribution in [3.8, 4) is 28.8 Å². The van der Waals surface area contributed by atoms with E-state index in [-0.39, 0.29) is 24.4 Å². The van der Waals surface area contributed by atoms with Crippen LogP contribution in [0.2, 0.25) is 0 Å². The molecular weight excluding hydrogens is 598 g/mol. The lowest BCUT2D eigenvalue weighted by Gasteiger charge is -2.42. The van der Waals surface area contributed by atoms with Crippen molar-refractivity contribution in [2.45, 2.75) is 103 Å². The summed E-state index contributed by atoms with van der Waals surface area (Å²) < 4.78 is 21.8. The second-order valence-corrected chi connectivity index (χ2v) is 12.9. The Kier molecular flexibility index (Phi) is 9.93. The Hall–Kier alpha value is -4.61. The molecule has 1 aromatic carbocycles. The maximum Gasteiger partial charge on any atom is 0.257 e. The molecule has 14 heteroatoms. The summed E-state index contributed by atoms with van der Waals surface area (Å²) in [5.74, 6) is 1.44. The first-order valence-electron chi connectivity index (χ1n) is 16.4. The number of ether oxygens (including phenoxy) is 3. The van der Waals surface area contributed by atoms with Gasteiger partial charge in [0.2, 0.25) is 5.95 Å². The lowest BCUT2D eigenvalue weighted by atomic mass is 9.89. The van der Waals surface area contributed by atoms with Gasteiger partial charge in [-0.1, -0.05) is 6.07 Å². The molecule has 3 atom stereocenters. The predicted molar refractivity (Wildman–Crippen MR) is 174 cm³/mol. The van der Waals surface area contributed by atoms with E-state index in [0.717, 1.165) is 55.6 Å². The Morgan fingerprint density at radius 3 is 2.38 bits per heavy atom. The highest BCUT2D eigenvalue weighted by atomic mass is 16.5. The Morgan fingerprint density at radius 1 is 1.00 bits per heavy atom. The Labute approximate surface area is 275 Å². The molecule has 1 saturated carbocycles. The molecule has 1 aliphatic carbocycles. The summed E-state index contributed by atoms with van der Waals surface area (Å²) in [5, 5.41) is 29.0. The van der Waals surface area contributed by atoms with Crippen LogP contribution in [0, 0.1) is 11.3 Å². The number of hydrogen-bond acceptors (Lipinski definition) is 12. The molecule has 0 spiro atoms. The maximum atomic E-state index is 9.65. The first-order chi connectivity index (χ1) is 22.7. The number of aromatic nitrogens is 8. The largest absolute Gasteiger partial charge is 0.487 e. The molecule has 3 aromatic heterocycles. The lowest BCUT2D eigenvalue weighted by molar-refractivity contribution is -0.0852. The molecule has 0 amide bonds. The molecule has 1 saturated heterocycles. The van der Waals surface area contributed by atoms with E-state index in [1.807, 2.05) is 43.8 Å². The summed E-state index contributed by atoms with van der Waals surface area (Å²) >= 11 is 0. The molecule has 14 nitrogen and oxygen atoms in total. The number of nitriles is 1. The molecule has 2 fully saturated rings. The van der Waals surface area contributed by atoms with Gasteiger partial charge in [-0.3, -0.25) is 9.58 Å². The first kappa shape index (κ1) is 32.3. The molecule has 4 heterocycles. The van der Waals surface area contributed by atoms with E-state index in [0.29, 0.717) is 41.8 Å². The Bertz CT molecular complexity index is 1630. The summed E-state index contributed by atoms with van der Waals surface area (Å²) in [5.41, 5.74) is 2.78. The minimum Gasteiger partial charge on any atom is -0.487 e. The van der Waals surface area contributed by atoms with Crippen LogP contribution >= 0.6 is 0 Å². The van der Waals surface area contributed by atoms with Gasteiger partial charge in [0.15, 0.2) is 0 Å². The second kappa shape index (κ2) is 14.4. The van der Waals surface area contributed by atoms with E-state index >= 15 is 0 Å². The zero-order chi connectivity index (χ0) is 32.9. The third-order valence-electron chi connectivity index (χ3n) is 8.55. The van der Waals surface area contributed by atoms with Gasteiger partial charge in [0.1, 0.15) is 29.9 Å². The summed E-state index contributed by atoms with van der Waals surface area (Å²) in [6, 6.07) is 8.51. The highest BCUT2D eigenvalue weighted by Gasteiger charge is 2.32. The number of morpholine rings is 1. The van der Waals surface area contributed by atoms with Gasteiger partial charge < -0.3 is 19.5 Å². The van der Waals surface area contributed by atoms with Crippen molar-refractivity contribution < 1.29 is 14.2 Å². The van der Waals surface area contributed by atoms with Crippen molar-refractivity contribution in [2.75, 3.05) is 18.4 Å². The maximum absolute atomic E-state index is 9.65. The fourth-order valence-corrected chi connectivity index (χ4v) is 6.50. The van der Waals surface area contributed by atoms with Crippen LogP contribution in [0.4, 0.5) is 11.6 Å². The van der Waals surface area contributed by atoms with Crippen LogP contribution < -0.4 is 14.8 Å². The van der Waals surface area contributed by atoms with Gasteiger partial charge in [-0.15, -0.1) is 10.2 Å². The standard InChI is InChI=1S/C33H43N11O3/c1-21(2)45-32-30(19-44(39-32)29-10-8-28(9-11-29)42-16-22(3)46-23(4)17-42)38-33-35-14-27(15-36-33)25-6-7-26(13-34)31(12-25)47-24(5)18-43-20-37-40-41-43/h6-7,12,14-15,19-24,28-29H,8-11,16-18H2,1-5H3,(H,35,36,38)/t22-,23+,24-,28?,29?/m0/s1. The Balaban J connectivity index is 1.12. The van der Waals surface area contributed by atoms with Crippen molar-refractivity contribution >= 4 is 11.6 Å². The number of nitrogens with one attached hydrogen (secondary N) is 1. The smallest absolute Gasteiger partial charge is 0.257 e. The molecular formula is C33H43N11O3. The van der Waals surface area contributed by atoms with E-state index in [4.69, 9.17) is 19.3 Å². The topological polar surface area (TPSA) is 154 Å². The number of rotatable bonds is 11. The van der Waals surface area contributed by atoms with E-state index in [2.05, 4.69) is 55.6 Å². The molecule has 0 radical (unpaired) electrons. The summed E-state index contributed by atoms with van der Waals surface area (Å²) in [7, 11) is 0. The van der Waals surface area contributed by atoms with Gasteiger partial charge >= 0.3 is 0 Å². The van der Waals surface area contributed by atoms with E-state index in [9.17, 15) is 5.26 Å².